The first kappa shape index (κ1) is 13.3. The number of hydrogen-bond donors (Lipinski definition) is 1. The van der Waals surface area contributed by atoms with Crippen LogP contribution in [-0.2, 0) is 13.0 Å². The lowest BCUT2D eigenvalue weighted by atomic mass is 10.3. The molecule has 0 atom stereocenters. The number of methoxy groups -OCH3 is 1. The van der Waals surface area contributed by atoms with Gasteiger partial charge >= 0.3 is 6.01 Å². The van der Waals surface area contributed by atoms with Crippen molar-refractivity contribution in [2.45, 2.75) is 26.8 Å². The van der Waals surface area contributed by atoms with E-state index in [0.717, 1.165) is 18.9 Å². The molecule has 0 saturated heterocycles. The molecule has 0 bridgehead atoms. The van der Waals surface area contributed by atoms with E-state index >= 15 is 0 Å². The molecular formula is C12H18N6O. The fourth-order valence-electron chi connectivity index (χ4n) is 1.74. The van der Waals surface area contributed by atoms with Crippen LogP contribution in [0.1, 0.15) is 25.5 Å². The number of aryl methyl sites for hydroxylation is 1. The first-order valence-corrected chi connectivity index (χ1v) is 6.29. The van der Waals surface area contributed by atoms with Crippen LogP contribution in [0.2, 0.25) is 0 Å². The standard InChI is InChI=1S/C12H18N6O/c1-4-13-11-15-9(16-12(17-11)19-3)8-10-14-6-7-18(10)5-2/h6-7H,4-5,8H2,1-3H3,(H,13,15,16,17). The molecule has 0 unspecified atom stereocenters. The van der Waals surface area contributed by atoms with Gasteiger partial charge in [0.25, 0.3) is 0 Å². The van der Waals surface area contributed by atoms with Crippen molar-refractivity contribution in [3.63, 3.8) is 0 Å². The number of rotatable bonds is 6. The summed E-state index contributed by atoms with van der Waals surface area (Å²) in [4.78, 5) is 17.0. The molecule has 2 heterocycles. The topological polar surface area (TPSA) is 77.8 Å². The lowest BCUT2D eigenvalue weighted by Gasteiger charge is -2.07. The molecule has 7 heteroatoms. The maximum atomic E-state index is 5.09. The van der Waals surface area contributed by atoms with Gasteiger partial charge in [0, 0.05) is 25.5 Å². The molecule has 0 radical (unpaired) electrons. The van der Waals surface area contributed by atoms with E-state index in [9.17, 15) is 0 Å². The van der Waals surface area contributed by atoms with Crippen LogP contribution in [0, 0.1) is 0 Å². The third-order valence-electron chi connectivity index (χ3n) is 2.64. The fraction of sp³-hybridized carbons (Fsp3) is 0.500. The zero-order chi connectivity index (χ0) is 13.7. The Morgan fingerprint density at radius 1 is 1.26 bits per heavy atom. The molecule has 7 nitrogen and oxygen atoms in total. The number of nitrogens with zero attached hydrogens (tertiary/aromatic N) is 5. The second kappa shape index (κ2) is 6.12. The summed E-state index contributed by atoms with van der Waals surface area (Å²) in [7, 11) is 1.54. The maximum absolute atomic E-state index is 5.09. The summed E-state index contributed by atoms with van der Waals surface area (Å²) in [6.07, 6.45) is 4.28. The molecule has 2 aromatic heterocycles. The monoisotopic (exact) mass is 262 g/mol. The average Bonchev–Trinajstić information content (AvgIpc) is 2.86. The molecule has 0 aliphatic rings. The zero-order valence-electron chi connectivity index (χ0n) is 11.4. The van der Waals surface area contributed by atoms with Crippen LogP contribution in [0.4, 0.5) is 5.95 Å². The second-order valence-corrected chi connectivity index (χ2v) is 3.90. The average molecular weight is 262 g/mol. The predicted molar refractivity (Wildman–Crippen MR) is 71.2 cm³/mol. The van der Waals surface area contributed by atoms with Crippen molar-refractivity contribution in [3.8, 4) is 6.01 Å². The van der Waals surface area contributed by atoms with E-state index in [0.29, 0.717) is 24.2 Å². The van der Waals surface area contributed by atoms with Gasteiger partial charge in [0.2, 0.25) is 5.95 Å². The molecular weight excluding hydrogens is 244 g/mol. The summed E-state index contributed by atoms with van der Waals surface area (Å²) in [6, 6.07) is 0.315. The van der Waals surface area contributed by atoms with Crippen molar-refractivity contribution >= 4 is 5.95 Å². The summed E-state index contributed by atoms with van der Waals surface area (Å²) >= 11 is 0. The van der Waals surface area contributed by atoms with Gasteiger partial charge in [-0.2, -0.15) is 15.0 Å². The van der Waals surface area contributed by atoms with E-state index in [2.05, 4.69) is 36.7 Å². The number of imidazole rings is 1. The number of aromatic nitrogens is 5. The Kier molecular flexibility index (Phi) is 4.27. The highest BCUT2D eigenvalue weighted by Gasteiger charge is 2.10. The highest BCUT2D eigenvalue weighted by atomic mass is 16.5. The Morgan fingerprint density at radius 3 is 2.79 bits per heavy atom. The van der Waals surface area contributed by atoms with E-state index in [1.54, 1.807) is 13.3 Å². The van der Waals surface area contributed by atoms with Gasteiger partial charge in [-0.05, 0) is 13.8 Å². The minimum Gasteiger partial charge on any atom is -0.467 e. The third-order valence-corrected chi connectivity index (χ3v) is 2.64. The van der Waals surface area contributed by atoms with Crippen molar-refractivity contribution in [1.82, 2.24) is 24.5 Å². The molecule has 0 spiro atoms. The van der Waals surface area contributed by atoms with Crippen LogP contribution in [0.25, 0.3) is 0 Å². The third kappa shape index (κ3) is 3.18. The van der Waals surface area contributed by atoms with Gasteiger partial charge in [0.15, 0.2) is 0 Å². The van der Waals surface area contributed by atoms with Crippen molar-refractivity contribution < 1.29 is 4.74 Å². The Morgan fingerprint density at radius 2 is 2.11 bits per heavy atom. The molecule has 0 amide bonds. The number of nitrogens with one attached hydrogen (secondary N) is 1. The SMILES string of the molecule is CCNc1nc(Cc2nccn2CC)nc(OC)n1. The maximum Gasteiger partial charge on any atom is 0.321 e. The van der Waals surface area contributed by atoms with E-state index in [4.69, 9.17) is 4.74 Å². The summed E-state index contributed by atoms with van der Waals surface area (Å²) < 4.78 is 7.15. The van der Waals surface area contributed by atoms with Crippen molar-refractivity contribution in [3.05, 3.63) is 24.0 Å². The van der Waals surface area contributed by atoms with Gasteiger partial charge < -0.3 is 14.6 Å². The second-order valence-electron chi connectivity index (χ2n) is 3.90. The lowest BCUT2D eigenvalue weighted by Crippen LogP contribution is -2.10. The fourth-order valence-corrected chi connectivity index (χ4v) is 1.74. The van der Waals surface area contributed by atoms with Crippen LogP contribution in [0.5, 0.6) is 6.01 Å². The van der Waals surface area contributed by atoms with Crippen LogP contribution in [0.3, 0.4) is 0 Å². The number of ether oxygens (including phenoxy) is 1. The van der Waals surface area contributed by atoms with Gasteiger partial charge in [-0.3, -0.25) is 0 Å². The number of anilines is 1. The molecule has 2 aromatic rings. The lowest BCUT2D eigenvalue weighted by molar-refractivity contribution is 0.376. The molecule has 0 saturated carbocycles. The first-order chi connectivity index (χ1) is 9.26. The largest absolute Gasteiger partial charge is 0.467 e. The summed E-state index contributed by atoms with van der Waals surface area (Å²) in [5.41, 5.74) is 0. The van der Waals surface area contributed by atoms with Crippen molar-refractivity contribution in [1.29, 1.82) is 0 Å². The first-order valence-electron chi connectivity index (χ1n) is 6.29. The minimum atomic E-state index is 0.315. The molecule has 0 aromatic carbocycles. The van der Waals surface area contributed by atoms with Crippen molar-refractivity contribution in [2.75, 3.05) is 19.0 Å². The van der Waals surface area contributed by atoms with E-state index < -0.39 is 0 Å². The zero-order valence-corrected chi connectivity index (χ0v) is 11.4. The Balaban J connectivity index is 2.26. The highest BCUT2D eigenvalue weighted by Crippen LogP contribution is 2.10. The minimum absolute atomic E-state index is 0.315. The van der Waals surface area contributed by atoms with Gasteiger partial charge in [0.05, 0.1) is 13.5 Å². The van der Waals surface area contributed by atoms with Crippen LogP contribution < -0.4 is 10.1 Å². The van der Waals surface area contributed by atoms with E-state index in [1.807, 2.05) is 13.1 Å². The summed E-state index contributed by atoms with van der Waals surface area (Å²) in [5, 5.41) is 3.06. The highest BCUT2D eigenvalue weighted by molar-refractivity contribution is 5.26. The van der Waals surface area contributed by atoms with Gasteiger partial charge in [0.1, 0.15) is 11.6 Å². The molecule has 102 valence electrons. The molecule has 0 aliphatic carbocycles. The smallest absolute Gasteiger partial charge is 0.321 e. The van der Waals surface area contributed by atoms with Gasteiger partial charge in [-0.1, -0.05) is 0 Å². The summed E-state index contributed by atoms with van der Waals surface area (Å²) in [6.45, 7) is 5.68. The van der Waals surface area contributed by atoms with Gasteiger partial charge in [-0.15, -0.1) is 0 Å². The normalized spacial score (nSPS) is 10.5. The van der Waals surface area contributed by atoms with Crippen LogP contribution in [-0.4, -0.2) is 38.2 Å². The van der Waals surface area contributed by atoms with Gasteiger partial charge in [-0.25, -0.2) is 4.98 Å². The Bertz CT molecular complexity index is 539. The Hall–Kier alpha value is -2.18. The molecule has 19 heavy (non-hydrogen) atoms. The molecule has 1 N–H and O–H groups in total. The van der Waals surface area contributed by atoms with Crippen LogP contribution >= 0.6 is 0 Å². The molecule has 0 fully saturated rings. The summed E-state index contributed by atoms with van der Waals surface area (Å²) in [5.74, 6) is 2.10. The van der Waals surface area contributed by atoms with E-state index in [1.165, 1.54) is 0 Å². The molecule has 0 aliphatic heterocycles. The van der Waals surface area contributed by atoms with Crippen molar-refractivity contribution in [2.24, 2.45) is 0 Å². The Labute approximate surface area is 112 Å². The number of hydrogen-bond acceptors (Lipinski definition) is 6. The quantitative estimate of drug-likeness (QED) is 0.840. The predicted octanol–water partition coefficient (Wildman–Crippen LogP) is 1.12. The molecule has 2 rings (SSSR count). The van der Waals surface area contributed by atoms with E-state index in [-0.39, 0.29) is 0 Å². The van der Waals surface area contributed by atoms with Crippen LogP contribution in [0.15, 0.2) is 12.4 Å².